The molecule has 0 saturated heterocycles. The summed E-state index contributed by atoms with van der Waals surface area (Å²) in [6, 6.07) is 2.01. The number of unbranched alkanes of at least 4 members (excludes halogenated alkanes) is 1. The van der Waals surface area contributed by atoms with E-state index >= 15 is 0 Å². The maximum Gasteiger partial charge on any atom is 0.0604 e. The predicted octanol–water partition coefficient (Wildman–Crippen LogP) is 2.31. The van der Waals surface area contributed by atoms with Crippen LogP contribution in [0.15, 0.2) is 12.3 Å². The Labute approximate surface area is 73.8 Å². The molecule has 2 N–H and O–H groups in total. The standard InChI is InChI=1S/C10H16N2/c1-3-4-5-9-6-7-12-8(2)10(9)11/h6-7H,3-5,11H2,1-2H3. The topological polar surface area (TPSA) is 38.9 Å². The van der Waals surface area contributed by atoms with Crippen LogP contribution < -0.4 is 5.73 Å². The highest BCUT2D eigenvalue weighted by atomic mass is 14.7. The van der Waals surface area contributed by atoms with Crippen molar-refractivity contribution in [3.8, 4) is 0 Å². The van der Waals surface area contributed by atoms with E-state index < -0.39 is 0 Å². The number of rotatable bonds is 3. The molecule has 66 valence electrons. The zero-order valence-electron chi connectivity index (χ0n) is 7.80. The zero-order chi connectivity index (χ0) is 8.97. The van der Waals surface area contributed by atoms with Gasteiger partial charge in [0.2, 0.25) is 0 Å². The number of hydrogen-bond donors (Lipinski definition) is 1. The van der Waals surface area contributed by atoms with Crippen molar-refractivity contribution in [2.75, 3.05) is 5.73 Å². The molecule has 0 fully saturated rings. The van der Waals surface area contributed by atoms with E-state index in [2.05, 4.69) is 11.9 Å². The molecule has 0 radical (unpaired) electrons. The molecule has 0 saturated carbocycles. The van der Waals surface area contributed by atoms with E-state index in [1.54, 1.807) is 0 Å². The van der Waals surface area contributed by atoms with Gasteiger partial charge in [0, 0.05) is 6.20 Å². The third kappa shape index (κ3) is 1.97. The van der Waals surface area contributed by atoms with Crippen molar-refractivity contribution in [2.45, 2.75) is 33.1 Å². The summed E-state index contributed by atoms with van der Waals surface area (Å²) in [4.78, 5) is 4.12. The van der Waals surface area contributed by atoms with Crippen molar-refractivity contribution in [1.29, 1.82) is 0 Å². The molecular weight excluding hydrogens is 148 g/mol. The Morgan fingerprint density at radius 2 is 2.25 bits per heavy atom. The minimum atomic E-state index is 0.867. The summed E-state index contributed by atoms with van der Waals surface area (Å²) in [5.74, 6) is 0. The fourth-order valence-corrected chi connectivity index (χ4v) is 1.22. The van der Waals surface area contributed by atoms with Crippen LogP contribution in [0, 0.1) is 6.92 Å². The predicted molar refractivity (Wildman–Crippen MR) is 52.0 cm³/mol. The van der Waals surface area contributed by atoms with Gasteiger partial charge in [-0.05, 0) is 31.4 Å². The second kappa shape index (κ2) is 4.10. The molecular formula is C10H16N2. The Kier molecular flexibility index (Phi) is 3.09. The molecule has 0 aromatic carbocycles. The molecule has 0 aliphatic heterocycles. The van der Waals surface area contributed by atoms with Gasteiger partial charge in [-0.3, -0.25) is 4.98 Å². The quantitative estimate of drug-likeness (QED) is 0.744. The molecule has 1 rings (SSSR count). The first kappa shape index (κ1) is 9.04. The van der Waals surface area contributed by atoms with Crippen molar-refractivity contribution in [2.24, 2.45) is 0 Å². The minimum Gasteiger partial charge on any atom is -0.397 e. The van der Waals surface area contributed by atoms with Crippen molar-refractivity contribution < 1.29 is 0 Å². The lowest BCUT2D eigenvalue weighted by molar-refractivity contribution is 0.794. The summed E-state index contributed by atoms with van der Waals surface area (Å²) in [6.07, 6.45) is 5.32. The van der Waals surface area contributed by atoms with Gasteiger partial charge in [0.05, 0.1) is 11.4 Å². The van der Waals surface area contributed by atoms with Gasteiger partial charge in [0.15, 0.2) is 0 Å². The summed E-state index contributed by atoms with van der Waals surface area (Å²) < 4.78 is 0. The summed E-state index contributed by atoms with van der Waals surface area (Å²) in [5, 5.41) is 0. The molecule has 0 aliphatic rings. The second-order valence-electron chi connectivity index (χ2n) is 3.07. The van der Waals surface area contributed by atoms with Crippen LogP contribution in [0.1, 0.15) is 31.0 Å². The van der Waals surface area contributed by atoms with Crippen LogP contribution in [0.3, 0.4) is 0 Å². The monoisotopic (exact) mass is 164 g/mol. The molecule has 12 heavy (non-hydrogen) atoms. The van der Waals surface area contributed by atoms with Crippen LogP contribution in [-0.4, -0.2) is 4.98 Å². The average molecular weight is 164 g/mol. The smallest absolute Gasteiger partial charge is 0.0604 e. The first-order valence-electron chi connectivity index (χ1n) is 4.45. The number of hydrogen-bond acceptors (Lipinski definition) is 2. The fourth-order valence-electron chi connectivity index (χ4n) is 1.22. The lowest BCUT2D eigenvalue weighted by Crippen LogP contribution is -1.98. The van der Waals surface area contributed by atoms with E-state index in [1.807, 2.05) is 19.2 Å². The highest BCUT2D eigenvalue weighted by Crippen LogP contribution is 2.15. The third-order valence-electron chi connectivity index (χ3n) is 2.08. The molecule has 0 atom stereocenters. The van der Waals surface area contributed by atoms with Gasteiger partial charge in [0.25, 0.3) is 0 Å². The Morgan fingerprint density at radius 1 is 1.50 bits per heavy atom. The maximum atomic E-state index is 5.86. The van der Waals surface area contributed by atoms with Gasteiger partial charge < -0.3 is 5.73 Å². The number of anilines is 1. The van der Waals surface area contributed by atoms with Crippen LogP contribution in [0.2, 0.25) is 0 Å². The van der Waals surface area contributed by atoms with E-state index in [4.69, 9.17) is 5.73 Å². The second-order valence-corrected chi connectivity index (χ2v) is 3.07. The molecule has 0 unspecified atom stereocenters. The summed E-state index contributed by atoms with van der Waals surface area (Å²) >= 11 is 0. The molecule has 2 heteroatoms. The molecule has 0 spiro atoms. The number of nitrogen functional groups attached to an aromatic ring is 1. The fraction of sp³-hybridized carbons (Fsp3) is 0.500. The van der Waals surface area contributed by atoms with Gasteiger partial charge in [0.1, 0.15) is 0 Å². The van der Waals surface area contributed by atoms with Gasteiger partial charge in [-0.2, -0.15) is 0 Å². The number of nitrogens with zero attached hydrogens (tertiary/aromatic N) is 1. The number of nitrogens with two attached hydrogens (primary N) is 1. The SMILES string of the molecule is CCCCc1ccnc(C)c1N. The Bertz CT molecular complexity index is 256. The van der Waals surface area contributed by atoms with Gasteiger partial charge in [-0.1, -0.05) is 13.3 Å². The van der Waals surface area contributed by atoms with Crippen LogP contribution >= 0.6 is 0 Å². The van der Waals surface area contributed by atoms with E-state index in [0.29, 0.717) is 0 Å². The zero-order valence-corrected chi connectivity index (χ0v) is 7.80. The van der Waals surface area contributed by atoms with Gasteiger partial charge in [-0.25, -0.2) is 0 Å². The van der Waals surface area contributed by atoms with E-state index in [1.165, 1.54) is 18.4 Å². The number of aromatic nitrogens is 1. The Balaban J connectivity index is 2.78. The van der Waals surface area contributed by atoms with E-state index in [9.17, 15) is 0 Å². The largest absolute Gasteiger partial charge is 0.397 e. The molecule has 0 amide bonds. The Hall–Kier alpha value is -1.05. The summed E-state index contributed by atoms with van der Waals surface area (Å²) in [7, 11) is 0. The average Bonchev–Trinajstić information content (AvgIpc) is 2.08. The van der Waals surface area contributed by atoms with Crippen LogP contribution in [0.25, 0.3) is 0 Å². The molecule has 0 bridgehead atoms. The van der Waals surface area contributed by atoms with Crippen LogP contribution in [0.5, 0.6) is 0 Å². The normalized spacial score (nSPS) is 10.2. The van der Waals surface area contributed by atoms with Crippen molar-refractivity contribution >= 4 is 5.69 Å². The van der Waals surface area contributed by atoms with Gasteiger partial charge >= 0.3 is 0 Å². The van der Waals surface area contributed by atoms with Crippen LogP contribution in [-0.2, 0) is 6.42 Å². The maximum absolute atomic E-state index is 5.86. The minimum absolute atomic E-state index is 0.867. The van der Waals surface area contributed by atoms with E-state index in [0.717, 1.165) is 17.8 Å². The van der Waals surface area contributed by atoms with E-state index in [-0.39, 0.29) is 0 Å². The van der Waals surface area contributed by atoms with Crippen molar-refractivity contribution in [3.63, 3.8) is 0 Å². The van der Waals surface area contributed by atoms with Crippen LogP contribution in [0.4, 0.5) is 5.69 Å². The number of aryl methyl sites for hydroxylation is 2. The molecule has 1 aromatic heterocycles. The first-order chi connectivity index (χ1) is 5.75. The lowest BCUT2D eigenvalue weighted by Gasteiger charge is -2.05. The Morgan fingerprint density at radius 3 is 2.92 bits per heavy atom. The highest BCUT2D eigenvalue weighted by molar-refractivity contribution is 5.49. The summed E-state index contributed by atoms with van der Waals surface area (Å²) in [6.45, 7) is 4.13. The van der Waals surface area contributed by atoms with Crippen molar-refractivity contribution in [3.05, 3.63) is 23.5 Å². The first-order valence-corrected chi connectivity index (χ1v) is 4.45. The van der Waals surface area contributed by atoms with Gasteiger partial charge in [-0.15, -0.1) is 0 Å². The molecule has 1 aromatic rings. The molecule has 1 heterocycles. The number of pyridine rings is 1. The third-order valence-corrected chi connectivity index (χ3v) is 2.08. The lowest BCUT2D eigenvalue weighted by atomic mass is 10.1. The summed E-state index contributed by atoms with van der Waals surface area (Å²) in [5.41, 5.74) is 8.92. The highest BCUT2D eigenvalue weighted by Gasteiger charge is 2.00. The molecule has 0 aliphatic carbocycles. The van der Waals surface area contributed by atoms with Crippen molar-refractivity contribution in [1.82, 2.24) is 4.98 Å². The molecule has 2 nitrogen and oxygen atoms in total.